The van der Waals surface area contributed by atoms with Crippen LogP contribution in [0.3, 0.4) is 0 Å². The molecule has 5 nitrogen and oxygen atoms in total. The molecule has 0 bridgehead atoms. The fourth-order valence-corrected chi connectivity index (χ4v) is 2.07. The first-order valence-corrected chi connectivity index (χ1v) is 6.54. The van der Waals surface area contributed by atoms with Gasteiger partial charge in [0.1, 0.15) is 5.82 Å². The van der Waals surface area contributed by atoms with Crippen LogP contribution >= 0.6 is 11.6 Å². The maximum atomic E-state index is 12.8. The van der Waals surface area contributed by atoms with Gasteiger partial charge in [0.2, 0.25) is 0 Å². The van der Waals surface area contributed by atoms with Gasteiger partial charge < -0.3 is 15.7 Å². The monoisotopic (exact) mass is 300 g/mol. The van der Waals surface area contributed by atoms with E-state index in [1.165, 1.54) is 6.07 Å². The van der Waals surface area contributed by atoms with Crippen molar-refractivity contribution in [3.8, 4) is 0 Å². The highest BCUT2D eigenvalue weighted by Crippen LogP contribution is 2.30. The molecule has 2 amide bonds. The van der Waals surface area contributed by atoms with Crippen molar-refractivity contribution in [2.24, 2.45) is 0 Å². The molecule has 1 saturated carbocycles. The molecule has 20 heavy (non-hydrogen) atoms. The number of halogens is 2. The third-order valence-corrected chi connectivity index (χ3v) is 3.56. The van der Waals surface area contributed by atoms with Crippen LogP contribution in [0, 0.1) is 5.82 Å². The SMILES string of the molecule is O=C(NCC1(O)CCC1)C(=O)Nc1ccc(F)cc1Cl. The lowest BCUT2D eigenvalue weighted by Gasteiger charge is -2.36. The fourth-order valence-electron chi connectivity index (χ4n) is 1.86. The molecule has 1 fully saturated rings. The van der Waals surface area contributed by atoms with E-state index in [1.54, 1.807) is 0 Å². The van der Waals surface area contributed by atoms with Gasteiger partial charge in [-0.15, -0.1) is 0 Å². The molecule has 1 aromatic carbocycles. The van der Waals surface area contributed by atoms with E-state index in [-0.39, 0.29) is 17.3 Å². The number of carbonyl (C=O) groups excluding carboxylic acids is 2. The molecule has 1 aliphatic carbocycles. The number of hydrogen-bond acceptors (Lipinski definition) is 3. The molecular weight excluding hydrogens is 287 g/mol. The Labute approximate surface area is 120 Å². The van der Waals surface area contributed by atoms with Crippen LogP contribution in [0.25, 0.3) is 0 Å². The maximum absolute atomic E-state index is 12.8. The van der Waals surface area contributed by atoms with Gasteiger partial charge >= 0.3 is 11.8 Å². The number of hydrogen-bond donors (Lipinski definition) is 3. The average Bonchev–Trinajstić information content (AvgIpc) is 2.36. The van der Waals surface area contributed by atoms with Crippen molar-refractivity contribution in [3.63, 3.8) is 0 Å². The molecule has 0 aliphatic heterocycles. The Morgan fingerprint density at radius 1 is 1.35 bits per heavy atom. The van der Waals surface area contributed by atoms with Gasteiger partial charge in [-0.2, -0.15) is 0 Å². The van der Waals surface area contributed by atoms with E-state index >= 15 is 0 Å². The second-order valence-corrected chi connectivity index (χ2v) is 5.25. The summed E-state index contributed by atoms with van der Waals surface area (Å²) in [5.41, 5.74) is -0.751. The van der Waals surface area contributed by atoms with Crippen LogP contribution in [0.15, 0.2) is 18.2 Å². The molecule has 0 heterocycles. The number of aliphatic hydroxyl groups is 1. The molecule has 1 aromatic rings. The van der Waals surface area contributed by atoms with Crippen LogP contribution in [-0.4, -0.2) is 29.1 Å². The minimum atomic E-state index is -0.915. The lowest BCUT2D eigenvalue weighted by Crippen LogP contribution is -2.49. The van der Waals surface area contributed by atoms with Gasteiger partial charge in [0, 0.05) is 6.54 Å². The molecule has 0 saturated heterocycles. The smallest absolute Gasteiger partial charge is 0.313 e. The van der Waals surface area contributed by atoms with Gasteiger partial charge in [-0.3, -0.25) is 9.59 Å². The van der Waals surface area contributed by atoms with Crippen molar-refractivity contribution < 1.29 is 19.1 Å². The van der Waals surface area contributed by atoms with Crippen molar-refractivity contribution in [2.75, 3.05) is 11.9 Å². The van der Waals surface area contributed by atoms with Crippen LogP contribution in [0.1, 0.15) is 19.3 Å². The highest BCUT2D eigenvalue weighted by molar-refractivity contribution is 6.41. The van der Waals surface area contributed by atoms with Gasteiger partial charge in [-0.05, 0) is 37.5 Å². The number of amides is 2. The number of benzene rings is 1. The summed E-state index contributed by atoms with van der Waals surface area (Å²) in [7, 11) is 0. The van der Waals surface area contributed by atoms with Gasteiger partial charge in [-0.25, -0.2) is 4.39 Å². The number of nitrogens with one attached hydrogen (secondary N) is 2. The molecule has 0 aromatic heterocycles. The molecule has 3 N–H and O–H groups in total. The first-order chi connectivity index (χ1) is 9.39. The topological polar surface area (TPSA) is 78.4 Å². The van der Waals surface area contributed by atoms with Crippen molar-refractivity contribution in [3.05, 3.63) is 29.0 Å². The summed E-state index contributed by atoms with van der Waals surface area (Å²) in [6, 6.07) is 3.42. The molecule has 0 unspecified atom stereocenters. The number of anilines is 1. The molecule has 2 rings (SSSR count). The van der Waals surface area contributed by atoms with Crippen LogP contribution in [0.2, 0.25) is 5.02 Å². The Bertz CT molecular complexity index is 546. The van der Waals surface area contributed by atoms with Crippen LogP contribution in [0.5, 0.6) is 0 Å². The zero-order valence-corrected chi connectivity index (χ0v) is 11.3. The van der Waals surface area contributed by atoms with Crippen molar-refractivity contribution in [1.29, 1.82) is 0 Å². The highest BCUT2D eigenvalue weighted by Gasteiger charge is 2.35. The van der Waals surface area contributed by atoms with E-state index < -0.39 is 23.2 Å². The maximum Gasteiger partial charge on any atom is 0.313 e. The van der Waals surface area contributed by atoms with Crippen molar-refractivity contribution in [2.45, 2.75) is 24.9 Å². The van der Waals surface area contributed by atoms with Crippen LogP contribution in [0.4, 0.5) is 10.1 Å². The summed E-state index contributed by atoms with van der Waals surface area (Å²) in [4.78, 5) is 23.2. The summed E-state index contributed by atoms with van der Waals surface area (Å²) < 4.78 is 12.8. The third-order valence-electron chi connectivity index (χ3n) is 3.25. The van der Waals surface area contributed by atoms with Gasteiger partial charge in [-0.1, -0.05) is 11.6 Å². The predicted octanol–water partition coefficient (Wildman–Crippen LogP) is 1.45. The van der Waals surface area contributed by atoms with Gasteiger partial charge in [0.05, 0.1) is 16.3 Å². The normalized spacial score (nSPS) is 16.1. The largest absolute Gasteiger partial charge is 0.388 e. The molecule has 7 heteroatoms. The van der Waals surface area contributed by atoms with E-state index in [9.17, 15) is 19.1 Å². The van der Waals surface area contributed by atoms with Gasteiger partial charge in [0.25, 0.3) is 0 Å². The highest BCUT2D eigenvalue weighted by atomic mass is 35.5. The zero-order chi connectivity index (χ0) is 14.8. The Balaban J connectivity index is 1.88. The molecule has 0 radical (unpaired) electrons. The molecule has 0 spiro atoms. The number of rotatable bonds is 3. The summed E-state index contributed by atoms with van der Waals surface area (Å²) >= 11 is 5.73. The van der Waals surface area contributed by atoms with E-state index in [4.69, 9.17) is 11.6 Å². The zero-order valence-electron chi connectivity index (χ0n) is 10.6. The quantitative estimate of drug-likeness (QED) is 0.739. The van der Waals surface area contributed by atoms with Gasteiger partial charge in [0.15, 0.2) is 0 Å². The fraction of sp³-hybridized carbons (Fsp3) is 0.385. The summed E-state index contributed by atoms with van der Waals surface area (Å²) in [6.45, 7) is 0.0381. The summed E-state index contributed by atoms with van der Waals surface area (Å²) in [5, 5.41) is 14.4. The van der Waals surface area contributed by atoms with E-state index in [0.717, 1.165) is 18.6 Å². The molecular formula is C13H14ClFN2O3. The van der Waals surface area contributed by atoms with Crippen LogP contribution < -0.4 is 10.6 Å². The minimum Gasteiger partial charge on any atom is -0.388 e. The Kier molecular flexibility index (Phi) is 4.25. The molecule has 1 aliphatic rings. The lowest BCUT2D eigenvalue weighted by atomic mass is 9.80. The molecule has 0 atom stereocenters. The average molecular weight is 301 g/mol. The Morgan fingerprint density at radius 3 is 2.60 bits per heavy atom. The van der Waals surface area contributed by atoms with E-state index in [2.05, 4.69) is 10.6 Å². The first kappa shape index (κ1) is 14.7. The van der Waals surface area contributed by atoms with E-state index in [1.807, 2.05) is 0 Å². The van der Waals surface area contributed by atoms with E-state index in [0.29, 0.717) is 12.8 Å². The standard InChI is InChI=1S/C13H14ClFN2O3/c14-9-6-8(15)2-3-10(9)17-12(19)11(18)16-7-13(20)4-1-5-13/h2-3,6,20H,1,4-5,7H2,(H,16,18)(H,17,19). The summed E-state index contributed by atoms with van der Waals surface area (Å²) in [5.74, 6) is -2.32. The second kappa shape index (κ2) is 5.76. The summed E-state index contributed by atoms with van der Waals surface area (Å²) in [6.07, 6.45) is 2.13. The minimum absolute atomic E-state index is 0.00349. The Hall–Kier alpha value is -1.66. The lowest BCUT2D eigenvalue weighted by molar-refractivity contribution is -0.137. The second-order valence-electron chi connectivity index (χ2n) is 4.84. The van der Waals surface area contributed by atoms with Crippen molar-refractivity contribution in [1.82, 2.24) is 5.32 Å². The molecule has 108 valence electrons. The first-order valence-electron chi connectivity index (χ1n) is 6.16. The number of carbonyl (C=O) groups is 2. The Morgan fingerprint density at radius 2 is 2.05 bits per heavy atom. The third kappa shape index (κ3) is 3.46. The van der Waals surface area contributed by atoms with Crippen LogP contribution in [-0.2, 0) is 9.59 Å². The predicted molar refractivity (Wildman–Crippen MR) is 71.9 cm³/mol. The van der Waals surface area contributed by atoms with Crippen molar-refractivity contribution >= 4 is 29.1 Å².